The molecule has 3 aromatic rings. The maximum Gasteiger partial charge on any atom is 0.137 e. The lowest BCUT2D eigenvalue weighted by Gasteiger charge is -2.33. The van der Waals surface area contributed by atoms with E-state index in [9.17, 15) is 0 Å². The van der Waals surface area contributed by atoms with E-state index in [0.717, 1.165) is 68.1 Å². The minimum atomic E-state index is 0.120. The summed E-state index contributed by atoms with van der Waals surface area (Å²) in [5.41, 5.74) is 4.24. The van der Waals surface area contributed by atoms with E-state index < -0.39 is 0 Å². The highest BCUT2D eigenvalue weighted by Crippen LogP contribution is 2.38. The van der Waals surface area contributed by atoms with Crippen LogP contribution >= 0.6 is 0 Å². The molecule has 0 amide bonds. The fourth-order valence-corrected chi connectivity index (χ4v) is 4.45. The Kier molecular flexibility index (Phi) is 3.98. The van der Waals surface area contributed by atoms with Gasteiger partial charge in [0.15, 0.2) is 0 Å². The van der Waals surface area contributed by atoms with Gasteiger partial charge in [-0.1, -0.05) is 12.1 Å². The second-order valence-electron chi connectivity index (χ2n) is 7.60. The number of rotatable bonds is 3. The highest BCUT2D eigenvalue weighted by atomic mass is 16.5. The topological polar surface area (TPSA) is 51.5 Å². The van der Waals surface area contributed by atoms with Crippen molar-refractivity contribution in [3.63, 3.8) is 0 Å². The van der Waals surface area contributed by atoms with Gasteiger partial charge in [-0.25, -0.2) is 4.98 Å². The van der Waals surface area contributed by atoms with Gasteiger partial charge in [0.1, 0.15) is 5.65 Å². The van der Waals surface area contributed by atoms with Crippen molar-refractivity contribution >= 4 is 5.65 Å². The minimum absolute atomic E-state index is 0.120. The third-order valence-corrected chi connectivity index (χ3v) is 5.78. The third-order valence-electron chi connectivity index (χ3n) is 5.78. The van der Waals surface area contributed by atoms with Crippen LogP contribution in [0.5, 0.6) is 0 Å². The number of piperidine rings is 1. The molecule has 0 radical (unpaired) electrons. The van der Waals surface area contributed by atoms with E-state index >= 15 is 0 Å². The van der Waals surface area contributed by atoms with E-state index in [2.05, 4.69) is 32.9 Å². The van der Waals surface area contributed by atoms with Crippen LogP contribution in [0.3, 0.4) is 0 Å². The molecule has 26 heavy (non-hydrogen) atoms. The summed E-state index contributed by atoms with van der Waals surface area (Å²) in [4.78, 5) is 9.42. The number of fused-ring (bicyclic) bond motifs is 1. The van der Waals surface area contributed by atoms with Crippen molar-refractivity contribution in [2.45, 2.75) is 31.3 Å². The summed E-state index contributed by atoms with van der Waals surface area (Å²) >= 11 is 0. The van der Waals surface area contributed by atoms with E-state index in [1.54, 1.807) is 0 Å². The van der Waals surface area contributed by atoms with E-state index in [1.807, 2.05) is 30.6 Å². The fourth-order valence-electron chi connectivity index (χ4n) is 4.45. The zero-order chi connectivity index (χ0) is 17.4. The number of nitrogens with one attached hydrogen (secondary N) is 1. The molecule has 2 aliphatic heterocycles. The molecule has 5 heterocycles. The third kappa shape index (κ3) is 2.91. The molecule has 0 aromatic carbocycles. The Balaban J connectivity index is 1.36. The van der Waals surface area contributed by atoms with Crippen LogP contribution in [0.25, 0.3) is 17.0 Å². The average Bonchev–Trinajstić information content (AvgIpc) is 3.27. The normalized spacial score (nSPS) is 22.2. The van der Waals surface area contributed by atoms with E-state index in [-0.39, 0.29) is 5.60 Å². The van der Waals surface area contributed by atoms with Crippen molar-refractivity contribution < 1.29 is 4.74 Å². The smallest absolute Gasteiger partial charge is 0.137 e. The lowest BCUT2D eigenvalue weighted by molar-refractivity contribution is -0.0196. The quantitative estimate of drug-likeness (QED) is 0.790. The standard InChI is InChI=1S/C21H24N4O/c1-2-11-25-19(14-23-20(25)6-1)18-5-3-4-17(24-18)12-16-13-21(26-15-16)7-9-22-10-8-21/h1-6,11,14,16,22H,7-10,12-13,15H2. The van der Waals surface area contributed by atoms with E-state index in [1.165, 1.54) is 0 Å². The van der Waals surface area contributed by atoms with Gasteiger partial charge in [-0.15, -0.1) is 0 Å². The van der Waals surface area contributed by atoms with E-state index in [0.29, 0.717) is 5.92 Å². The molecule has 0 bridgehead atoms. The number of nitrogens with zero attached hydrogens (tertiary/aromatic N) is 3. The lowest BCUT2D eigenvalue weighted by atomic mass is 9.85. The van der Waals surface area contributed by atoms with Crippen LogP contribution in [0, 0.1) is 5.92 Å². The number of hydrogen-bond donors (Lipinski definition) is 1. The zero-order valence-corrected chi connectivity index (χ0v) is 14.9. The van der Waals surface area contributed by atoms with Crippen LogP contribution in [-0.4, -0.2) is 39.7 Å². The molecule has 1 unspecified atom stereocenters. The monoisotopic (exact) mass is 348 g/mol. The summed E-state index contributed by atoms with van der Waals surface area (Å²) in [6, 6.07) is 12.4. The maximum absolute atomic E-state index is 6.24. The Bertz CT molecular complexity index is 913. The zero-order valence-electron chi connectivity index (χ0n) is 14.9. The first-order valence-corrected chi connectivity index (χ1v) is 9.54. The predicted molar refractivity (Wildman–Crippen MR) is 101 cm³/mol. The molecule has 5 heteroatoms. The van der Waals surface area contributed by atoms with Gasteiger partial charge < -0.3 is 10.1 Å². The molecule has 2 fully saturated rings. The Morgan fingerprint density at radius 3 is 3.00 bits per heavy atom. The van der Waals surface area contributed by atoms with Crippen molar-refractivity contribution in [2.75, 3.05) is 19.7 Å². The first-order chi connectivity index (χ1) is 12.8. The molecule has 5 rings (SSSR count). The van der Waals surface area contributed by atoms with Crippen LogP contribution in [-0.2, 0) is 11.2 Å². The van der Waals surface area contributed by atoms with Gasteiger partial charge in [-0.3, -0.25) is 9.38 Å². The summed E-state index contributed by atoms with van der Waals surface area (Å²) in [6.45, 7) is 3.02. The molecule has 2 aliphatic rings. The first-order valence-electron chi connectivity index (χ1n) is 9.54. The lowest BCUT2D eigenvalue weighted by Crippen LogP contribution is -2.41. The van der Waals surface area contributed by atoms with Gasteiger partial charge in [-0.2, -0.15) is 0 Å². The Labute approximate surface area is 153 Å². The van der Waals surface area contributed by atoms with Crippen molar-refractivity contribution in [2.24, 2.45) is 5.92 Å². The SMILES string of the molecule is c1cc(CC2COC3(CCNCC3)C2)nc(-c2cnc3ccccn23)c1. The van der Waals surface area contributed by atoms with Gasteiger partial charge in [0.2, 0.25) is 0 Å². The number of imidazole rings is 1. The van der Waals surface area contributed by atoms with Crippen LogP contribution in [0.4, 0.5) is 0 Å². The molecule has 2 saturated heterocycles. The molecule has 134 valence electrons. The molecule has 5 nitrogen and oxygen atoms in total. The Hall–Kier alpha value is -2.24. The number of pyridine rings is 2. The van der Waals surface area contributed by atoms with Gasteiger partial charge in [-0.05, 0) is 69.0 Å². The summed E-state index contributed by atoms with van der Waals surface area (Å²) in [5.74, 6) is 0.568. The van der Waals surface area contributed by atoms with Crippen molar-refractivity contribution in [1.82, 2.24) is 19.7 Å². The van der Waals surface area contributed by atoms with Gasteiger partial charge >= 0.3 is 0 Å². The van der Waals surface area contributed by atoms with Crippen molar-refractivity contribution in [3.05, 3.63) is 54.5 Å². The van der Waals surface area contributed by atoms with Crippen LogP contribution in [0.1, 0.15) is 25.0 Å². The molecular weight excluding hydrogens is 324 g/mol. The summed E-state index contributed by atoms with van der Waals surface area (Å²) < 4.78 is 8.34. The molecule has 0 saturated carbocycles. The molecule has 3 aromatic heterocycles. The Morgan fingerprint density at radius 1 is 1.15 bits per heavy atom. The fraction of sp³-hybridized carbons (Fsp3) is 0.429. The van der Waals surface area contributed by atoms with Crippen molar-refractivity contribution in [1.29, 1.82) is 0 Å². The van der Waals surface area contributed by atoms with Crippen LogP contribution in [0.15, 0.2) is 48.8 Å². The second-order valence-corrected chi connectivity index (χ2v) is 7.60. The van der Waals surface area contributed by atoms with Gasteiger partial charge in [0.25, 0.3) is 0 Å². The van der Waals surface area contributed by atoms with Crippen LogP contribution in [0.2, 0.25) is 0 Å². The molecule has 1 atom stereocenters. The highest BCUT2D eigenvalue weighted by Gasteiger charge is 2.41. The van der Waals surface area contributed by atoms with Gasteiger partial charge in [0, 0.05) is 11.9 Å². The minimum Gasteiger partial charge on any atom is -0.375 e. The van der Waals surface area contributed by atoms with Crippen LogP contribution < -0.4 is 5.32 Å². The van der Waals surface area contributed by atoms with E-state index in [4.69, 9.17) is 9.72 Å². The Morgan fingerprint density at radius 2 is 2.08 bits per heavy atom. The molecule has 1 N–H and O–H groups in total. The summed E-state index contributed by atoms with van der Waals surface area (Å²) in [6.07, 6.45) is 8.37. The number of ether oxygens (including phenoxy) is 1. The first kappa shape index (κ1) is 16.0. The maximum atomic E-state index is 6.24. The second kappa shape index (κ2) is 6.49. The number of hydrogen-bond acceptors (Lipinski definition) is 4. The number of aromatic nitrogens is 3. The average molecular weight is 348 g/mol. The molecule has 1 spiro atoms. The molecule has 0 aliphatic carbocycles. The summed E-state index contributed by atoms with van der Waals surface area (Å²) in [7, 11) is 0. The predicted octanol–water partition coefficient (Wildman–Crippen LogP) is 3.10. The largest absolute Gasteiger partial charge is 0.375 e. The molecular formula is C21H24N4O. The van der Waals surface area contributed by atoms with Crippen molar-refractivity contribution in [3.8, 4) is 11.4 Å². The highest BCUT2D eigenvalue weighted by molar-refractivity contribution is 5.60. The van der Waals surface area contributed by atoms with Gasteiger partial charge in [0.05, 0.1) is 29.8 Å². The summed E-state index contributed by atoms with van der Waals surface area (Å²) in [5, 5.41) is 3.44.